The number of nitrogens with one attached hydrogen (secondary N) is 1. The largest absolute Gasteiger partial charge is 0.475 e. The van der Waals surface area contributed by atoms with E-state index in [1.54, 1.807) is 10.7 Å². The van der Waals surface area contributed by atoms with E-state index >= 15 is 0 Å². The van der Waals surface area contributed by atoms with Crippen LogP contribution in [0.4, 0.5) is 0 Å². The second-order valence-electron chi connectivity index (χ2n) is 4.01. The number of fused-ring (bicyclic) bond motifs is 1. The summed E-state index contributed by atoms with van der Waals surface area (Å²) in [6, 6.07) is 4.24. The van der Waals surface area contributed by atoms with E-state index in [0.29, 0.717) is 18.5 Å². The molecule has 0 saturated carbocycles. The highest BCUT2D eigenvalue weighted by Gasteiger charge is 2.14. The molecule has 1 aliphatic rings. The molecule has 16 heavy (non-hydrogen) atoms. The minimum Gasteiger partial charge on any atom is -0.475 e. The fourth-order valence-corrected chi connectivity index (χ4v) is 1.96. The van der Waals surface area contributed by atoms with Crippen LogP contribution in [0.3, 0.4) is 0 Å². The zero-order chi connectivity index (χ0) is 10.8. The maximum atomic E-state index is 5.65. The Morgan fingerprint density at radius 1 is 1.50 bits per heavy atom. The molecule has 2 aromatic rings. The van der Waals surface area contributed by atoms with E-state index in [1.807, 2.05) is 18.3 Å². The Morgan fingerprint density at radius 2 is 2.50 bits per heavy atom. The minimum absolute atomic E-state index is 0.472. The Morgan fingerprint density at radius 3 is 3.38 bits per heavy atom. The highest BCUT2D eigenvalue weighted by atomic mass is 16.5. The number of imidazole rings is 1. The first-order chi connectivity index (χ1) is 7.92. The zero-order valence-corrected chi connectivity index (χ0v) is 8.97. The smallest absolute Gasteiger partial charge is 0.231 e. The monoisotopic (exact) mass is 218 g/mol. The molecule has 3 heterocycles. The van der Waals surface area contributed by atoms with Crippen molar-refractivity contribution in [2.45, 2.75) is 18.9 Å². The van der Waals surface area contributed by atoms with Crippen LogP contribution in [0, 0.1) is 0 Å². The van der Waals surface area contributed by atoms with Gasteiger partial charge in [0.1, 0.15) is 6.61 Å². The summed E-state index contributed by atoms with van der Waals surface area (Å²) in [6.45, 7) is 1.79. The fourth-order valence-electron chi connectivity index (χ4n) is 1.96. The van der Waals surface area contributed by atoms with Crippen molar-refractivity contribution in [2.24, 2.45) is 0 Å². The maximum absolute atomic E-state index is 5.65. The molecular formula is C11H14N4O. The molecule has 1 aliphatic heterocycles. The van der Waals surface area contributed by atoms with Gasteiger partial charge in [-0.3, -0.25) is 0 Å². The van der Waals surface area contributed by atoms with E-state index in [9.17, 15) is 0 Å². The standard InChI is InChI=1S/C11H14N4O/c1-2-9(12-5-1)8-16-11-4-3-10-13-6-7-15(10)14-11/h3-4,6-7,9,12H,1-2,5,8H2. The maximum Gasteiger partial charge on any atom is 0.231 e. The lowest BCUT2D eigenvalue weighted by molar-refractivity contribution is 0.264. The van der Waals surface area contributed by atoms with Crippen LogP contribution < -0.4 is 10.1 Å². The molecule has 5 nitrogen and oxygen atoms in total. The summed E-state index contributed by atoms with van der Waals surface area (Å²) in [4.78, 5) is 4.13. The van der Waals surface area contributed by atoms with Gasteiger partial charge in [0, 0.05) is 24.5 Å². The Kier molecular flexibility index (Phi) is 2.46. The quantitative estimate of drug-likeness (QED) is 0.830. The van der Waals surface area contributed by atoms with Gasteiger partial charge in [0.25, 0.3) is 0 Å². The topological polar surface area (TPSA) is 51.5 Å². The SMILES string of the molecule is c1cn2nc(OCC3CCCN3)ccc2n1. The number of aromatic nitrogens is 3. The van der Waals surface area contributed by atoms with Gasteiger partial charge in [-0.05, 0) is 25.5 Å². The Hall–Kier alpha value is -1.62. The highest BCUT2D eigenvalue weighted by Crippen LogP contribution is 2.10. The summed E-state index contributed by atoms with van der Waals surface area (Å²) >= 11 is 0. The van der Waals surface area contributed by atoms with Crippen LogP contribution in [-0.4, -0.2) is 33.8 Å². The molecular weight excluding hydrogens is 204 g/mol. The average Bonchev–Trinajstić information content (AvgIpc) is 2.97. The summed E-state index contributed by atoms with van der Waals surface area (Å²) in [5.74, 6) is 0.652. The predicted molar refractivity (Wildman–Crippen MR) is 59.5 cm³/mol. The number of ether oxygens (including phenoxy) is 1. The van der Waals surface area contributed by atoms with Crippen molar-refractivity contribution < 1.29 is 4.74 Å². The normalized spacial score (nSPS) is 20.4. The van der Waals surface area contributed by atoms with Crippen molar-refractivity contribution in [3.8, 4) is 5.88 Å². The van der Waals surface area contributed by atoms with Gasteiger partial charge in [0.05, 0.1) is 0 Å². The molecule has 84 valence electrons. The van der Waals surface area contributed by atoms with Crippen LogP contribution in [0.5, 0.6) is 5.88 Å². The zero-order valence-electron chi connectivity index (χ0n) is 8.97. The van der Waals surface area contributed by atoms with Crippen molar-refractivity contribution >= 4 is 5.65 Å². The third-order valence-electron chi connectivity index (χ3n) is 2.83. The van der Waals surface area contributed by atoms with Gasteiger partial charge in [-0.25, -0.2) is 9.50 Å². The van der Waals surface area contributed by atoms with E-state index in [4.69, 9.17) is 4.74 Å². The lowest BCUT2D eigenvalue weighted by atomic mass is 10.2. The van der Waals surface area contributed by atoms with Crippen LogP contribution in [0.15, 0.2) is 24.5 Å². The Balaban J connectivity index is 1.68. The molecule has 0 aromatic carbocycles. The molecule has 0 spiro atoms. The van der Waals surface area contributed by atoms with Crippen LogP contribution in [0.2, 0.25) is 0 Å². The number of rotatable bonds is 3. The van der Waals surface area contributed by atoms with Gasteiger partial charge in [0.2, 0.25) is 5.88 Å². The molecule has 0 bridgehead atoms. The second kappa shape index (κ2) is 4.09. The van der Waals surface area contributed by atoms with Gasteiger partial charge in [0.15, 0.2) is 5.65 Å². The van der Waals surface area contributed by atoms with Gasteiger partial charge >= 0.3 is 0 Å². The molecule has 1 atom stereocenters. The average molecular weight is 218 g/mol. The predicted octanol–water partition coefficient (Wildman–Crippen LogP) is 0.860. The number of hydrogen-bond acceptors (Lipinski definition) is 4. The van der Waals surface area contributed by atoms with Crippen molar-refractivity contribution in [3.63, 3.8) is 0 Å². The van der Waals surface area contributed by atoms with E-state index in [-0.39, 0.29) is 0 Å². The van der Waals surface area contributed by atoms with E-state index in [1.165, 1.54) is 12.8 Å². The van der Waals surface area contributed by atoms with Crippen molar-refractivity contribution in [1.82, 2.24) is 19.9 Å². The van der Waals surface area contributed by atoms with E-state index < -0.39 is 0 Å². The first-order valence-electron chi connectivity index (χ1n) is 5.58. The molecule has 3 rings (SSSR count). The lowest BCUT2D eigenvalue weighted by Gasteiger charge is -2.11. The van der Waals surface area contributed by atoms with Gasteiger partial charge in [-0.15, -0.1) is 5.10 Å². The van der Waals surface area contributed by atoms with Crippen molar-refractivity contribution in [1.29, 1.82) is 0 Å². The van der Waals surface area contributed by atoms with Gasteiger partial charge in [-0.1, -0.05) is 0 Å². The van der Waals surface area contributed by atoms with Gasteiger partial charge < -0.3 is 10.1 Å². The van der Waals surface area contributed by atoms with E-state index in [0.717, 1.165) is 12.2 Å². The molecule has 5 heteroatoms. The molecule has 0 amide bonds. The van der Waals surface area contributed by atoms with Crippen LogP contribution in [-0.2, 0) is 0 Å². The molecule has 1 fully saturated rings. The van der Waals surface area contributed by atoms with Crippen LogP contribution in [0.1, 0.15) is 12.8 Å². The van der Waals surface area contributed by atoms with Crippen molar-refractivity contribution in [2.75, 3.05) is 13.2 Å². The molecule has 0 radical (unpaired) electrons. The first-order valence-corrected chi connectivity index (χ1v) is 5.58. The summed E-state index contributed by atoms with van der Waals surface area (Å²) in [5, 5.41) is 7.69. The van der Waals surface area contributed by atoms with E-state index in [2.05, 4.69) is 15.4 Å². The summed E-state index contributed by atoms with van der Waals surface area (Å²) in [7, 11) is 0. The Bertz CT molecular complexity index is 476. The minimum atomic E-state index is 0.472. The van der Waals surface area contributed by atoms with Crippen LogP contribution >= 0.6 is 0 Å². The molecule has 2 aromatic heterocycles. The summed E-state index contributed by atoms with van der Waals surface area (Å²) in [6.07, 6.45) is 5.97. The van der Waals surface area contributed by atoms with Crippen molar-refractivity contribution in [3.05, 3.63) is 24.5 Å². The summed E-state index contributed by atoms with van der Waals surface area (Å²) in [5.41, 5.74) is 0.839. The number of hydrogen-bond donors (Lipinski definition) is 1. The van der Waals surface area contributed by atoms with Crippen LogP contribution in [0.25, 0.3) is 5.65 Å². The lowest BCUT2D eigenvalue weighted by Crippen LogP contribution is -2.28. The third kappa shape index (κ3) is 1.86. The van der Waals surface area contributed by atoms with Gasteiger partial charge in [-0.2, -0.15) is 0 Å². The first kappa shape index (κ1) is 9.59. The fraction of sp³-hybridized carbons (Fsp3) is 0.455. The molecule has 0 aliphatic carbocycles. The molecule has 1 N–H and O–H groups in total. The molecule has 1 saturated heterocycles. The molecule has 1 unspecified atom stereocenters. The third-order valence-corrected chi connectivity index (χ3v) is 2.83. The number of nitrogens with zero attached hydrogens (tertiary/aromatic N) is 3. The summed E-state index contributed by atoms with van der Waals surface area (Å²) < 4.78 is 7.36. The highest BCUT2D eigenvalue weighted by molar-refractivity contribution is 5.37. The second-order valence-corrected chi connectivity index (χ2v) is 4.01. The Labute approximate surface area is 93.4 Å².